The summed E-state index contributed by atoms with van der Waals surface area (Å²) < 4.78 is 0. The monoisotopic (exact) mass is 291 g/mol. The molecule has 0 radical (unpaired) electrons. The summed E-state index contributed by atoms with van der Waals surface area (Å²) in [6.07, 6.45) is 3.07. The van der Waals surface area contributed by atoms with Crippen molar-refractivity contribution in [3.63, 3.8) is 0 Å². The van der Waals surface area contributed by atoms with E-state index in [1.807, 2.05) is 31.3 Å². The van der Waals surface area contributed by atoms with E-state index in [4.69, 9.17) is 5.73 Å². The van der Waals surface area contributed by atoms with E-state index in [1.54, 1.807) is 16.7 Å². The molecule has 0 aliphatic carbocycles. The van der Waals surface area contributed by atoms with Crippen LogP contribution < -0.4 is 5.73 Å². The number of carbonyl (C=O) groups is 1. The van der Waals surface area contributed by atoms with Crippen LogP contribution in [0.4, 0.5) is 5.69 Å². The van der Waals surface area contributed by atoms with Crippen LogP contribution >= 0.6 is 11.8 Å². The van der Waals surface area contributed by atoms with Gasteiger partial charge in [0.1, 0.15) is 5.69 Å². The van der Waals surface area contributed by atoms with Crippen LogP contribution in [0.15, 0.2) is 24.3 Å². The van der Waals surface area contributed by atoms with Gasteiger partial charge in [-0.25, -0.2) is 0 Å². The van der Waals surface area contributed by atoms with Crippen molar-refractivity contribution in [2.45, 2.75) is 19.4 Å². The minimum absolute atomic E-state index is 0.00852. The number of thioether (sulfide) groups is 1. The van der Waals surface area contributed by atoms with Gasteiger partial charge in [-0.2, -0.15) is 11.8 Å². The molecule has 0 saturated carbocycles. The predicted octanol–water partition coefficient (Wildman–Crippen LogP) is 2.96. The van der Waals surface area contributed by atoms with E-state index in [-0.39, 0.29) is 11.9 Å². The topological polar surface area (TPSA) is 62.1 Å². The smallest absolute Gasteiger partial charge is 0.270 e. The molecule has 108 valence electrons. The molecular formula is C15H21N3OS. The number of rotatable bonds is 5. The fraction of sp³-hybridized carbons (Fsp3) is 0.400. The van der Waals surface area contributed by atoms with Gasteiger partial charge in [-0.15, -0.1) is 0 Å². The number of anilines is 1. The van der Waals surface area contributed by atoms with Gasteiger partial charge in [0.15, 0.2) is 0 Å². The number of nitrogen functional groups attached to an aromatic ring is 1. The molecule has 1 heterocycles. The van der Waals surface area contributed by atoms with Crippen LogP contribution in [0.3, 0.4) is 0 Å². The highest BCUT2D eigenvalue weighted by Crippen LogP contribution is 2.22. The van der Waals surface area contributed by atoms with Crippen LogP contribution in [-0.4, -0.2) is 40.9 Å². The number of nitrogens with two attached hydrogens (primary N) is 1. The molecule has 1 aromatic heterocycles. The summed E-state index contributed by atoms with van der Waals surface area (Å²) >= 11 is 1.80. The quantitative estimate of drug-likeness (QED) is 0.833. The Morgan fingerprint density at radius 1 is 1.50 bits per heavy atom. The van der Waals surface area contributed by atoms with Gasteiger partial charge < -0.3 is 15.6 Å². The summed E-state index contributed by atoms with van der Waals surface area (Å²) in [5.41, 5.74) is 8.01. The average Bonchev–Trinajstić information content (AvgIpc) is 2.88. The first-order chi connectivity index (χ1) is 9.54. The predicted molar refractivity (Wildman–Crippen MR) is 87.3 cm³/mol. The molecule has 20 heavy (non-hydrogen) atoms. The number of benzene rings is 1. The molecule has 3 N–H and O–H groups in total. The maximum atomic E-state index is 12.5. The van der Waals surface area contributed by atoms with Gasteiger partial charge in [-0.05, 0) is 37.5 Å². The van der Waals surface area contributed by atoms with Crippen molar-refractivity contribution < 1.29 is 4.79 Å². The lowest BCUT2D eigenvalue weighted by Gasteiger charge is -2.24. The Morgan fingerprint density at radius 2 is 2.25 bits per heavy atom. The Labute approximate surface area is 123 Å². The van der Waals surface area contributed by atoms with E-state index in [1.165, 1.54) is 0 Å². The molecule has 5 heteroatoms. The first-order valence-corrected chi connectivity index (χ1v) is 8.07. The van der Waals surface area contributed by atoms with Crippen LogP contribution in [-0.2, 0) is 0 Å². The van der Waals surface area contributed by atoms with E-state index >= 15 is 0 Å². The van der Waals surface area contributed by atoms with Gasteiger partial charge in [0.05, 0.1) is 11.2 Å². The zero-order valence-corrected chi connectivity index (χ0v) is 13.0. The van der Waals surface area contributed by atoms with Crippen LogP contribution in [0, 0.1) is 0 Å². The van der Waals surface area contributed by atoms with Gasteiger partial charge in [0.25, 0.3) is 5.91 Å². The van der Waals surface area contributed by atoms with E-state index < -0.39 is 0 Å². The second kappa shape index (κ2) is 6.22. The largest absolute Gasteiger partial charge is 0.397 e. The second-order valence-electron chi connectivity index (χ2n) is 5.04. The van der Waals surface area contributed by atoms with Gasteiger partial charge in [-0.1, -0.05) is 12.1 Å². The van der Waals surface area contributed by atoms with Crippen molar-refractivity contribution >= 4 is 34.3 Å². The summed E-state index contributed by atoms with van der Waals surface area (Å²) in [6.45, 7) is 2.07. The normalized spacial score (nSPS) is 12.6. The molecular weight excluding hydrogens is 270 g/mol. The van der Waals surface area contributed by atoms with E-state index in [9.17, 15) is 4.79 Å². The van der Waals surface area contributed by atoms with E-state index in [2.05, 4.69) is 18.2 Å². The molecule has 0 fully saturated rings. The third-order valence-electron chi connectivity index (χ3n) is 3.64. The number of hydrogen-bond donors (Lipinski definition) is 2. The summed E-state index contributed by atoms with van der Waals surface area (Å²) in [7, 11) is 1.85. The number of aromatic amines is 1. The molecule has 0 spiro atoms. The van der Waals surface area contributed by atoms with Crippen molar-refractivity contribution in [3.8, 4) is 0 Å². The molecule has 1 amide bonds. The number of fused-ring (bicyclic) bond motifs is 1. The molecule has 1 aromatic carbocycles. The molecule has 4 nitrogen and oxygen atoms in total. The molecule has 1 unspecified atom stereocenters. The highest BCUT2D eigenvalue weighted by molar-refractivity contribution is 7.98. The van der Waals surface area contributed by atoms with Crippen LogP contribution in [0.5, 0.6) is 0 Å². The molecule has 1 atom stereocenters. The summed E-state index contributed by atoms with van der Waals surface area (Å²) in [6, 6.07) is 7.77. The number of nitrogens with one attached hydrogen (secondary N) is 1. The third-order valence-corrected chi connectivity index (χ3v) is 4.28. The SMILES string of the molecule is CSCCC(C)N(C)C(=O)c1cc2cccc(N)c2[nH]1. The van der Waals surface area contributed by atoms with Gasteiger partial charge >= 0.3 is 0 Å². The number of nitrogens with zero attached hydrogens (tertiary/aromatic N) is 1. The first-order valence-electron chi connectivity index (χ1n) is 6.68. The zero-order chi connectivity index (χ0) is 14.7. The standard InChI is InChI=1S/C15H21N3OS/c1-10(7-8-20-3)18(2)15(19)13-9-11-5-4-6-12(16)14(11)17-13/h4-6,9-10,17H,7-8,16H2,1-3H3. The van der Waals surface area contributed by atoms with Crippen LogP contribution in [0.25, 0.3) is 10.9 Å². The summed E-state index contributed by atoms with van der Waals surface area (Å²) in [5.74, 6) is 1.06. The van der Waals surface area contributed by atoms with Crippen molar-refractivity contribution in [2.75, 3.05) is 24.8 Å². The number of H-pyrrole nitrogens is 1. The Morgan fingerprint density at radius 3 is 2.90 bits per heavy atom. The molecule has 0 saturated heterocycles. The average molecular weight is 291 g/mol. The lowest BCUT2D eigenvalue weighted by atomic mass is 10.2. The van der Waals surface area contributed by atoms with Gasteiger partial charge in [0.2, 0.25) is 0 Å². The molecule has 0 aliphatic heterocycles. The van der Waals surface area contributed by atoms with Gasteiger partial charge in [-0.3, -0.25) is 4.79 Å². The van der Waals surface area contributed by atoms with Crippen molar-refractivity contribution in [2.24, 2.45) is 0 Å². The van der Waals surface area contributed by atoms with Crippen molar-refractivity contribution in [3.05, 3.63) is 30.0 Å². The minimum atomic E-state index is 0.00852. The number of aromatic nitrogens is 1. The second-order valence-corrected chi connectivity index (χ2v) is 6.03. The van der Waals surface area contributed by atoms with Crippen molar-refractivity contribution in [1.82, 2.24) is 9.88 Å². The molecule has 2 rings (SSSR count). The summed E-state index contributed by atoms with van der Waals surface area (Å²) in [5, 5.41) is 0.971. The van der Waals surface area contributed by atoms with Crippen LogP contribution in [0.1, 0.15) is 23.8 Å². The lowest BCUT2D eigenvalue weighted by Crippen LogP contribution is -2.35. The zero-order valence-electron chi connectivity index (χ0n) is 12.1. The van der Waals surface area contributed by atoms with Gasteiger partial charge in [0, 0.05) is 18.5 Å². The fourth-order valence-corrected chi connectivity index (χ4v) is 2.74. The Hall–Kier alpha value is -1.62. The number of carbonyl (C=O) groups excluding carboxylic acids is 1. The van der Waals surface area contributed by atoms with E-state index in [0.717, 1.165) is 23.1 Å². The minimum Gasteiger partial charge on any atom is -0.397 e. The highest BCUT2D eigenvalue weighted by Gasteiger charge is 2.19. The van der Waals surface area contributed by atoms with Crippen molar-refractivity contribution in [1.29, 1.82) is 0 Å². The number of amides is 1. The number of hydrogen-bond acceptors (Lipinski definition) is 3. The molecule has 0 bridgehead atoms. The first kappa shape index (κ1) is 14.8. The maximum absolute atomic E-state index is 12.5. The fourth-order valence-electron chi connectivity index (χ4n) is 2.17. The molecule has 0 aliphatic rings. The Bertz CT molecular complexity index is 608. The third kappa shape index (κ3) is 2.93. The summed E-state index contributed by atoms with van der Waals surface area (Å²) in [4.78, 5) is 17.4. The molecule has 2 aromatic rings. The van der Waals surface area contributed by atoms with E-state index in [0.29, 0.717) is 11.4 Å². The lowest BCUT2D eigenvalue weighted by molar-refractivity contribution is 0.0736. The van der Waals surface area contributed by atoms with Crippen LogP contribution in [0.2, 0.25) is 0 Å². The Kier molecular flexibility index (Phi) is 4.60. The maximum Gasteiger partial charge on any atom is 0.270 e. The number of para-hydroxylation sites is 1. The highest BCUT2D eigenvalue weighted by atomic mass is 32.2. The Balaban J connectivity index is 2.20.